The molecule has 0 aliphatic carbocycles. The predicted molar refractivity (Wildman–Crippen MR) is 235 cm³/mol. The molecule has 1 aliphatic rings. The van der Waals surface area contributed by atoms with Crippen molar-refractivity contribution in [3.05, 3.63) is 62.4 Å². The Bertz CT molecular complexity index is 2050. The van der Waals surface area contributed by atoms with Gasteiger partial charge in [0.25, 0.3) is 5.56 Å². The van der Waals surface area contributed by atoms with E-state index in [-0.39, 0.29) is 31.0 Å². The SMILES string of the molecule is CCSSCC[C@@H]1C[C@H](n2cc(C#CCNC(=O)OCCCCOCSSc3ccc(CC(=O)NCSC)cc3)c(=O)[nH]c2=O)OC1COP(=O)(O)OP(=O)(O)OP(=O)(O)O. The number of nitrogens with one attached hydrogen (secondary N) is 3. The average Bonchev–Trinajstić information content (AvgIpc) is 3.58. The number of H-pyrrole nitrogens is 1. The standard InChI is InChI=1S/C32H47N4O17P3S5/c1-3-58-59-16-12-24-18-29(51-27(24)20-50-55(44,45)53-56(46,47)52-54(41,42)43)36-19-25(30(38)35-31(36)39)7-6-13-33-32(40)49-15-5-4-14-48-22-60-61-26-10-8-23(9-11-26)17-28(37)34-21-57-2/h8-11,19,24,27,29H,3-5,12-18,20-22H2,1-2H3,(H,33,40)(H,34,37)(H,44,45)(H,46,47)(H,35,38,39)(H2,41,42,43)/t24-,27?,29-/m1/s1. The summed E-state index contributed by atoms with van der Waals surface area (Å²) in [5.74, 6) is 7.25. The lowest BCUT2D eigenvalue weighted by atomic mass is 9.98. The third-order valence-electron chi connectivity index (χ3n) is 7.68. The highest BCUT2D eigenvalue weighted by molar-refractivity contribution is 8.77. The van der Waals surface area contributed by atoms with Gasteiger partial charge in [-0.3, -0.25) is 23.7 Å². The van der Waals surface area contributed by atoms with Crippen LogP contribution in [0.1, 0.15) is 50.0 Å². The topological polar surface area (TPSA) is 301 Å². The Morgan fingerprint density at radius 1 is 1.00 bits per heavy atom. The zero-order valence-electron chi connectivity index (χ0n) is 32.7. The highest BCUT2D eigenvalue weighted by Gasteiger charge is 2.43. The third-order valence-corrected chi connectivity index (χ3v) is 16.5. The number of nitrogens with zero attached hydrogens (tertiary/aromatic N) is 1. The number of ether oxygens (including phenoxy) is 3. The quantitative estimate of drug-likeness (QED) is 0.0207. The number of aromatic amines is 1. The summed E-state index contributed by atoms with van der Waals surface area (Å²) < 4.78 is 65.1. The van der Waals surface area contributed by atoms with Crippen LogP contribution in [0.3, 0.4) is 0 Å². The number of phosphoric ester groups is 1. The molecule has 1 aromatic heterocycles. The van der Waals surface area contributed by atoms with Crippen LogP contribution in [0.15, 0.2) is 44.9 Å². The van der Waals surface area contributed by atoms with E-state index in [0.29, 0.717) is 49.9 Å². The van der Waals surface area contributed by atoms with Gasteiger partial charge in [-0.1, -0.05) is 74.1 Å². The summed E-state index contributed by atoms with van der Waals surface area (Å²) in [4.78, 5) is 89.5. The van der Waals surface area contributed by atoms with E-state index in [1.165, 1.54) is 10.8 Å². The van der Waals surface area contributed by atoms with E-state index in [1.54, 1.807) is 44.1 Å². The fourth-order valence-corrected chi connectivity index (χ4v) is 11.9. The number of aromatic nitrogens is 2. The van der Waals surface area contributed by atoms with Crippen LogP contribution in [-0.2, 0) is 52.3 Å². The highest BCUT2D eigenvalue weighted by Crippen LogP contribution is 2.66. The molecule has 2 amide bonds. The van der Waals surface area contributed by atoms with E-state index in [4.69, 9.17) is 28.5 Å². The van der Waals surface area contributed by atoms with Crippen molar-refractivity contribution in [2.24, 2.45) is 5.92 Å². The molecule has 2 aromatic rings. The van der Waals surface area contributed by atoms with Gasteiger partial charge in [-0.25, -0.2) is 23.3 Å². The number of carbonyl (C=O) groups excluding carboxylic acids is 2. The number of alkyl carbamates (subject to hydrolysis) is 1. The molecule has 1 saturated heterocycles. The van der Waals surface area contributed by atoms with Crippen molar-refractivity contribution in [2.45, 2.75) is 56.3 Å². The van der Waals surface area contributed by atoms with Crippen molar-refractivity contribution >= 4 is 90.4 Å². The normalized spacial score (nSPS) is 18.4. The molecule has 3 rings (SSSR count). The number of benzene rings is 1. The van der Waals surface area contributed by atoms with Gasteiger partial charge < -0.3 is 44.4 Å². The zero-order valence-corrected chi connectivity index (χ0v) is 39.5. The van der Waals surface area contributed by atoms with Crippen LogP contribution in [0.5, 0.6) is 0 Å². The minimum absolute atomic E-state index is 0.0164. The fourth-order valence-electron chi connectivity index (χ4n) is 5.06. The lowest BCUT2D eigenvalue weighted by Crippen LogP contribution is -2.34. The molecule has 21 nitrogen and oxygen atoms in total. The van der Waals surface area contributed by atoms with Crippen molar-refractivity contribution in [3.63, 3.8) is 0 Å². The second-order valence-corrected chi connectivity index (χ2v) is 22.8. The Morgan fingerprint density at radius 2 is 1.74 bits per heavy atom. The maximum Gasteiger partial charge on any atom is 0.490 e. The Hall–Kier alpha value is -1.72. The van der Waals surface area contributed by atoms with E-state index in [1.807, 2.05) is 37.4 Å². The van der Waals surface area contributed by atoms with Crippen molar-refractivity contribution in [1.29, 1.82) is 0 Å². The molecule has 5 atom stereocenters. The number of phosphoric acid groups is 3. The first-order valence-electron chi connectivity index (χ1n) is 18.0. The van der Waals surface area contributed by atoms with E-state index >= 15 is 0 Å². The summed E-state index contributed by atoms with van der Waals surface area (Å²) in [5, 5.41) is 5.27. The lowest BCUT2D eigenvalue weighted by molar-refractivity contribution is -0.120. The maximum atomic E-state index is 12.8. The summed E-state index contributed by atoms with van der Waals surface area (Å²) in [7, 11) is -10.5. The molecule has 1 fully saturated rings. The molecule has 0 bridgehead atoms. The molecular weight excluding hydrogens is 966 g/mol. The molecule has 342 valence electrons. The van der Waals surface area contributed by atoms with Crippen LogP contribution < -0.4 is 21.9 Å². The predicted octanol–water partition coefficient (Wildman–Crippen LogP) is 4.83. The monoisotopic (exact) mass is 1010 g/mol. The van der Waals surface area contributed by atoms with Gasteiger partial charge in [0.2, 0.25) is 5.91 Å². The molecule has 29 heteroatoms. The smallest absolute Gasteiger partial charge is 0.450 e. The molecule has 2 heterocycles. The third kappa shape index (κ3) is 22.2. The number of amides is 2. The number of unbranched alkanes of at least 4 members (excludes halogenated alkanes) is 1. The van der Waals surface area contributed by atoms with Gasteiger partial charge in [-0.2, -0.15) is 8.62 Å². The van der Waals surface area contributed by atoms with Gasteiger partial charge in [-0.15, -0.1) is 11.8 Å². The summed E-state index contributed by atoms with van der Waals surface area (Å²) in [6.07, 6.45) is 2.52. The number of carbonyl (C=O) groups is 2. The first-order valence-corrected chi connectivity index (χ1v) is 28.8. The number of hydrogen-bond donors (Lipinski definition) is 7. The van der Waals surface area contributed by atoms with Crippen molar-refractivity contribution < 1.29 is 70.2 Å². The summed E-state index contributed by atoms with van der Waals surface area (Å²) in [6, 6.07) is 7.77. The Morgan fingerprint density at radius 3 is 2.44 bits per heavy atom. The highest BCUT2D eigenvalue weighted by atomic mass is 33.1. The van der Waals surface area contributed by atoms with Crippen LogP contribution in [0.25, 0.3) is 0 Å². The van der Waals surface area contributed by atoms with Crippen LogP contribution in [0, 0.1) is 17.8 Å². The Labute approximate surface area is 371 Å². The number of rotatable bonds is 27. The Balaban J connectivity index is 1.42. The van der Waals surface area contributed by atoms with Crippen LogP contribution in [0.2, 0.25) is 0 Å². The summed E-state index contributed by atoms with van der Waals surface area (Å²) in [6.45, 7) is 1.67. The van der Waals surface area contributed by atoms with Gasteiger partial charge in [0.05, 0.1) is 38.2 Å². The molecule has 0 saturated carbocycles. The van der Waals surface area contributed by atoms with E-state index in [0.717, 1.165) is 27.0 Å². The van der Waals surface area contributed by atoms with Crippen LogP contribution >= 0.6 is 78.4 Å². The maximum absolute atomic E-state index is 12.8. The molecule has 0 spiro atoms. The second kappa shape index (κ2) is 27.6. The van der Waals surface area contributed by atoms with E-state index < -0.39 is 65.7 Å². The van der Waals surface area contributed by atoms with Crippen LogP contribution in [-0.4, -0.2) is 103 Å². The zero-order chi connectivity index (χ0) is 44.9. The van der Waals surface area contributed by atoms with Crippen molar-refractivity contribution in [3.8, 4) is 11.8 Å². The first-order chi connectivity index (χ1) is 28.9. The van der Waals surface area contributed by atoms with Gasteiger partial charge >= 0.3 is 35.3 Å². The average molecular weight is 1010 g/mol. The minimum Gasteiger partial charge on any atom is -0.450 e. The largest absolute Gasteiger partial charge is 0.490 e. The number of hydrogen-bond acceptors (Lipinski definition) is 18. The van der Waals surface area contributed by atoms with E-state index in [9.17, 15) is 42.7 Å². The number of thioether (sulfide) groups is 1. The van der Waals surface area contributed by atoms with Crippen LogP contribution in [0.4, 0.5) is 4.79 Å². The molecular formula is C32H47N4O17P3S5. The molecule has 61 heavy (non-hydrogen) atoms. The summed E-state index contributed by atoms with van der Waals surface area (Å²) in [5.41, 5.74) is -0.855. The second-order valence-electron chi connectivity index (χ2n) is 12.3. The first kappa shape index (κ1) is 53.6. The van der Waals surface area contributed by atoms with Gasteiger partial charge in [0, 0.05) is 29.2 Å². The fraction of sp³-hybridized carbons (Fsp3) is 0.562. The molecule has 7 N–H and O–H groups in total. The van der Waals surface area contributed by atoms with E-state index in [2.05, 4.69) is 36.1 Å². The van der Waals surface area contributed by atoms with Gasteiger partial charge in [-0.05, 0) is 55.6 Å². The Kier molecular flexibility index (Phi) is 24.2. The molecule has 0 radical (unpaired) electrons. The minimum atomic E-state index is -5.74. The molecule has 1 aliphatic heterocycles. The van der Waals surface area contributed by atoms with Gasteiger partial charge in [0.1, 0.15) is 17.7 Å². The lowest BCUT2D eigenvalue weighted by Gasteiger charge is -2.21. The van der Waals surface area contributed by atoms with Crippen molar-refractivity contribution in [2.75, 3.05) is 55.9 Å². The molecule has 3 unspecified atom stereocenters. The van der Waals surface area contributed by atoms with Gasteiger partial charge in [0.15, 0.2) is 0 Å². The molecule has 1 aromatic carbocycles. The van der Waals surface area contributed by atoms with Crippen molar-refractivity contribution in [1.82, 2.24) is 20.2 Å². The summed E-state index contributed by atoms with van der Waals surface area (Å²) >= 11 is 1.55.